The van der Waals surface area contributed by atoms with E-state index < -0.39 is 0 Å². The number of nitrogens with zero attached hydrogens (tertiary/aromatic N) is 8. The van der Waals surface area contributed by atoms with Crippen LogP contribution in [0.1, 0.15) is 36.1 Å². The van der Waals surface area contributed by atoms with Gasteiger partial charge in [0, 0.05) is 24.9 Å². The van der Waals surface area contributed by atoms with Gasteiger partial charge in [-0.2, -0.15) is 10.2 Å². The van der Waals surface area contributed by atoms with E-state index in [4.69, 9.17) is 0 Å². The number of ether oxygens (including phenoxy) is 1. The lowest BCUT2D eigenvalue weighted by molar-refractivity contribution is -0.140. The third-order valence-corrected chi connectivity index (χ3v) is 8.29. The second kappa shape index (κ2) is 13.5. The van der Waals surface area contributed by atoms with Gasteiger partial charge < -0.3 is 9.64 Å². The van der Waals surface area contributed by atoms with E-state index >= 15 is 0 Å². The summed E-state index contributed by atoms with van der Waals surface area (Å²) in [6.07, 6.45) is 3.31. The van der Waals surface area contributed by atoms with Gasteiger partial charge in [-0.25, -0.2) is 4.98 Å². The number of anilines is 1. The highest BCUT2D eigenvalue weighted by Gasteiger charge is 2.14. The fraction of sp³-hybridized carbons (Fsp3) is 0.310. The number of hydrogen-bond donors (Lipinski definition) is 0. The molecule has 1 aliphatic rings. The molecule has 41 heavy (non-hydrogen) atoms. The first-order valence-corrected chi connectivity index (χ1v) is 15.0. The van der Waals surface area contributed by atoms with Gasteiger partial charge >= 0.3 is 5.97 Å². The van der Waals surface area contributed by atoms with Gasteiger partial charge in [0.25, 0.3) is 0 Å². The summed E-state index contributed by atoms with van der Waals surface area (Å²) in [7, 11) is 1.38. The number of thiazole rings is 1. The Morgan fingerprint density at radius 3 is 2.20 bits per heavy atom. The van der Waals surface area contributed by atoms with Crippen LogP contribution >= 0.6 is 22.7 Å². The van der Waals surface area contributed by atoms with Crippen LogP contribution in [-0.4, -0.2) is 31.2 Å². The number of carbonyl (C=O) groups is 1. The van der Waals surface area contributed by atoms with Gasteiger partial charge in [-0.1, -0.05) is 11.3 Å². The summed E-state index contributed by atoms with van der Waals surface area (Å²) >= 11 is 3.05. The Morgan fingerprint density at radius 1 is 0.878 bits per heavy atom. The molecule has 0 amide bonds. The molecule has 2 aromatic heterocycles. The predicted molar refractivity (Wildman–Crippen MR) is 163 cm³/mol. The summed E-state index contributed by atoms with van der Waals surface area (Å²) in [6.45, 7) is 6.18. The minimum absolute atomic E-state index is 0.260. The Morgan fingerprint density at radius 2 is 1.54 bits per heavy atom. The number of methoxy groups -OCH3 is 1. The number of azo groups is 3. The second-order valence-corrected chi connectivity index (χ2v) is 11.4. The van der Waals surface area contributed by atoms with E-state index in [1.807, 2.05) is 61.7 Å². The Kier molecular flexibility index (Phi) is 9.32. The second-order valence-electron chi connectivity index (χ2n) is 9.55. The third-order valence-electron chi connectivity index (χ3n) is 6.49. The third kappa shape index (κ3) is 7.74. The number of carbonyl (C=O) groups excluding carboxylic acids is 1. The number of aromatic nitrogens is 1. The standard InChI is InChI=1S/C29H30N8O2S2/c1-19-17-22(32-35-26-11-12-27(41-26)37-14-4-5-15-37)7-9-24(19)33-31-21-6-10-25(20(2)16-21)34-36-29-30-23(18-40-29)8-13-28(38)39-3/h6-7,9-12,16-18H,4-5,8,13-15H2,1-3H3. The molecule has 0 atom stereocenters. The first-order valence-electron chi connectivity index (χ1n) is 13.3. The molecule has 0 N–H and O–H groups in total. The Hall–Kier alpha value is -4.16. The summed E-state index contributed by atoms with van der Waals surface area (Å²) in [6, 6.07) is 15.5. The van der Waals surface area contributed by atoms with Crippen LogP contribution in [-0.2, 0) is 16.0 Å². The van der Waals surface area contributed by atoms with Crippen LogP contribution in [0.3, 0.4) is 0 Å². The van der Waals surface area contributed by atoms with Crippen molar-refractivity contribution in [3.63, 3.8) is 0 Å². The lowest BCUT2D eigenvalue weighted by Crippen LogP contribution is -2.15. The summed E-state index contributed by atoms with van der Waals surface area (Å²) in [5.74, 6) is -0.260. The number of aryl methyl sites for hydroxylation is 3. The van der Waals surface area contributed by atoms with Gasteiger partial charge in [0.15, 0.2) is 0 Å². The highest BCUT2D eigenvalue weighted by Crippen LogP contribution is 2.35. The van der Waals surface area contributed by atoms with Crippen LogP contribution < -0.4 is 4.90 Å². The van der Waals surface area contributed by atoms with E-state index in [0.29, 0.717) is 11.6 Å². The molecule has 5 rings (SSSR count). The fourth-order valence-electron chi connectivity index (χ4n) is 4.21. The van der Waals surface area contributed by atoms with Crippen LogP contribution in [0, 0.1) is 13.8 Å². The largest absolute Gasteiger partial charge is 0.469 e. The quantitative estimate of drug-likeness (QED) is 0.136. The first-order chi connectivity index (χ1) is 20.0. The van der Waals surface area contributed by atoms with E-state index in [0.717, 1.165) is 57.7 Å². The Balaban J connectivity index is 1.18. The predicted octanol–water partition coefficient (Wildman–Crippen LogP) is 9.77. The van der Waals surface area contributed by atoms with Crippen molar-refractivity contribution in [3.8, 4) is 0 Å². The van der Waals surface area contributed by atoms with Gasteiger partial charge in [-0.05, 0) is 86.3 Å². The lowest BCUT2D eigenvalue weighted by atomic mass is 10.2. The maximum atomic E-state index is 11.3. The lowest BCUT2D eigenvalue weighted by Gasteiger charge is -2.13. The average Bonchev–Trinajstić information content (AvgIpc) is 3.76. The summed E-state index contributed by atoms with van der Waals surface area (Å²) < 4.78 is 4.67. The van der Waals surface area contributed by atoms with Crippen molar-refractivity contribution in [2.45, 2.75) is 39.5 Å². The molecule has 1 aliphatic heterocycles. The topological polar surface area (TPSA) is 117 Å². The van der Waals surface area contributed by atoms with Crippen molar-refractivity contribution in [2.24, 2.45) is 30.7 Å². The molecule has 0 bridgehead atoms. The molecule has 0 saturated carbocycles. The molecule has 2 aromatic carbocycles. The van der Waals surface area contributed by atoms with Gasteiger partial charge in [-0.15, -0.1) is 31.8 Å². The normalized spacial score (nSPS) is 13.8. The van der Waals surface area contributed by atoms with Gasteiger partial charge in [-0.3, -0.25) is 4.79 Å². The maximum Gasteiger partial charge on any atom is 0.305 e. The molecular weight excluding hydrogens is 557 g/mol. The van der Waals surface area contributed by atoms with Gasteiger partial charge in [0.1, 0.15) is 5.00 Å². The molecule has 210 valence electrons. The highest BCUT2D eigenvalue weighted by molar-refractivity contribution is 7.19. The molecule has 1 fully saturated rings. The van der Waals surface area contributed by atoms with Crippen LogP contribution in [0.5, 0.6) is 0 Å². The molecule has 0 radical (unpaired) electrons. The van der Waals surface area contributed by atoms with E-state index in [9.17, 15) is 4.79 Å². The fourth-order valence-corrected chi connectivity index (χ4v) is 5.76. The van der Waals surface area contributed by atoms with Crippen molar-refractivity contribution in [2.75, 3.05) is 25.1 Å². The Labute approximate surface area is 246 Å². The van der Waals surface area contributed by atoms with Gasteiger partial charge in [0.05, 0.1) is 47.0 Å². The van der Waals surface area contributed by atoms with Gasteiger partial charge in [0.2, 0.25) is 5.13 Å². The summed E-state index contributed by atoms with van der Waals surface area (Å²) in [5, 5.41) is 30.9. The average molecular weight is 587 g/mol. The number of rotatable bonds is 10. The number of thiophene rings is 1. The minimum atomic E-state index is -0.260. The van der Waals surface area contributed by atoms with Crippen LogP contribution in [0.2, 0.25) is 0 Å². The van der Waals surface area contributed by atoms with Crippen molar-refractivity contribution >= 4 is 66.5 Å². The zero-order chi connectivity index (χ0) is 28.6. The highest BCUT2D eigenvalue weighted by atomic mass is 32.1. The molecule has 4 aromatic rings. The van der Waals surface area contributed by atoms with Crippen molar-refractivity contribution in [1.82, 2.24) is 4.98 Å². The van der Waals surface area contributed by atoms with E-state index in [1.165, 1.54) is 36.3 Å². The molecule has 1 saturated heterocycles. The van der Waals surface area contributed by atoms with Crippen LogP contribution in [0.4, 0.5) is 37.9 Å². The smallest absolute Gasteiger partial charge is 0.305 e. The molecule has 0 spiro atoms. The molecule has 0 aliphatic carbocycles. The van der Waals surface area contributed by atoms with Crippen molar-refractivity contribution < 1.29 is 9.53 Å². The summed E-state index contributed by atoms with van der Waals surface area (Å²) in [5.41, 5.74) is 5.66. The number of benzene rings is 2. The monoisotopic (exact) mass is 586 g/mol. The minimum Gasteiger partial charge on any atom is -0.469 e. The molecule has 3 heterocycles. The SMILES string of the molecule is COC(=O)CCc1csc(N=Nc2ccc(N=Nc3ccc(N=Nc4ccc(N5CCCC5)s4)cc3C)cc2C)n1. The van der Waals surface area contributed by atoms with E-state index in [1.54, 1.807) is 11.3 Å². The van der Waals surface area contributed by atoms with Crippen molar-refractivity contribution in [3.05, 3.63) is 70.7 Å². The maximum absolute atomic E-state index is 11.3. The van der Waals surface area contributed by atoms with E-state index in [-0.39, 0.29) is 12.4 Å². The molecule has 0 unspecified atom stereocenters. The number of esters is 1. The first kappa shape index (κ1) is 28.4. The van der Waals surface area contributed by atoms with Crippen molar-refractivity contribution in [1.29, 1.82) is 0 Å². The molecule has 12 heteroatoms. The zero-order valence-electron chi connectivity index (χ0n) is 23.1. The molecular formula is C29H30N8O2S2. The van der Waals surface area contributed by atoms with Crippen LogP contribution in [0.15, 0.2) is 84.6 Å². The Bertz CT molecular complexity index is 1600. The zero-order valence-corrected chi connectivity index (χ0v) is 24.8. The van der Waals surface area contributed by atoms with E-state index in [2.05, 4.69) is 51.4 Å². The number of hydrogen-bond acceptors (Lipinski definition) is 12. The van der Waals surface area contributed by atoms with Crippen LogP contribution in [0.25, 0.3) is 0 Å². The molecule has 10 nitrogen and oxygen atoms in total. The summed E-state index contributed by atoms with van der Waals surface area (Å²) in [4.78, 5) is 18.1.